The van der Waals surface area contributed by atoms with E-state index in [0.717, 1.165) is 21.3 Å². The topological polar surface area (TPSA) is 106 Å². The van der Waals surface area contributed by atoms with Crippen molar-refractivity contribution in [2.45, 2.75) is 26.8 Å². The molecule has 0 aliphatic carbocycles. The van der Waals surface area contributed by atoms with E-state index in [9.17, 15) is 19.5 Å². The number of benzene rings is 3. The van der Waals surface area contributed by atoms with Crippen LogP contribution < -0.4 is 9.64 Å². The standard InChI is InChI=1S/C30H26N2O6S/c1-5-38-21-12-10-19(11-13-21)26(33)23-25(18-6-8-20(9-7-18)29(36)37-4)32(28(35)27(23)34)30-31-24-17(3)14-16(2)15-22(24)39-30/h6-15,25,33H,5H2,1-4H3/b26-23+/t25-/m0/s1. The zero-order valence-electron chi connectivity index (χ0n) is 21.8. The number of aliphatic hydroxyl groups excluding tert-OH is 1. The van der Waals surface area contributed by atoms with Gasteiger partial charge in [-0.3, -0.25) is 14.5 Å². The lowest BCUT2D eigenvalue weighted by Gasteiger charge is -2.23. The second kappa shape index (κ2) is 10.3. The van der Waals surface area contributed by atoms with Crippen LogP contribution >= 0.6 is 11.3 Å². The number of rotatable bonds is 6. The summed E-state index contributed by atoms with van der Waals surface area (Å²) in [5.74, 6) is -1.82. The summed E-state index contributed by atoms with van der Waals surface area (Å²) in [6.07, 6.45) is 0. The maximum absolute atomic E-state index is 13.5. The minimum absolute atomic E-state index is 0.0675. The molecule has 1 aromatic heterocycles. The summed E-state index contributed by atoms with van der Waals surface area (Å²) in [5.41, 5.74) is 3.90. The van der Waals surface area contributed by atoms with Gasteiger partial charge in [0, 0.05) is 5.56 Å². The van der Waals surface area contributed by atoms with Crippen LogP contribution in [-0.4, -0.2) is 41.5 Å². The third kappa shape index (κ3) is 4.66. The molecule has 1 fully saturated rings. The number of esters is 1. The molecule has 8 nitrogen and oxygen atoms in total. The summed E-state index contributed by atoms with van der Waals surface area (Å²) >= 11 is 1.30. The van der Waals surface area contributed by atoms with Crippen molar-refractivity contribution in [3.63, 3.8) is 0 Å². The minimum Gasteiger partial charge on any atom is -0.507 e. The molecule has 39 heavy (non-hydrogen) atoms. The van der Waals surface area contributed by atoms with Gasteiger partial charge in [-0.15, -0.1) is 0 Å². The highest BCUT2D eigenvalue weighted by atomic mass is 32.1. The van der Waals surface area contributed by atoms with Gasteiger partial charge in [0.2, 0.25) is 0 Å². The first-order chi connectivity index (χ1) is 18.7. The molecule has 1 aliphatic heterocycles. The molecule has 1 atom stereocenters. The number of Topliss-reactive ketones (excluding diaryl/α,β-unsaturated/α-hetero) is 1. The first-order valence-corrected chi connectivity index (χ1v) is 13.2. The Labute approximate surface area is 229 Å². The quantitative estimate of drug-likeness (QED) is 0.144. The van der Waals surface area contributed by atoms with E-state index in [2.05, 4.69) is 0 Å². The van der Waals surface area contributed by atoms with Gasteiger partial charge < -0.3 is 14.6 Å². The number of ketones is 1. The molecule has 1 N–H and O–H groups in total. The fourth-order valence-electron chi connectivity index (χ4n) is 4.76. The average molecular weight is 543 g/mol. The van der Waals surface area contributed by atoms with Crippen LogP contribution in [0.1, 0.15) is 45.6 Å². The number of thiazole rings is 1. The van der Waals surface area contributed by atoms with Gasteiger partial charge in [-0.2, -0.15) is 0 Å². The molecule has 9 heteroatoms. The van der Waals surface area contributed by atoms with E-state index >= 15 is 0 Å². The lowest BCUT2D eigenvalue weighted by atomic mass is 9.94. The van der Waals surface area contributed by atoms with Crippen molar-refractivity contribution < 1.29 is 29.0 Å². The van der Waals surface area contributed by atoms with Gasteiger partial charge in [0.05, 0.1) is 41.1 Å². The molecule has 4 aromatic rings. The van der Waals surface area contributed by atoms with Crippen LogP contribution in [0.3, 0.4) is 0 Å². The van der Waals surface area contributed by atoms with Crippen molar-refractivity contribution in [3.05, 3.63) is 94.1 Å². The SMILES string of the molecule is CCOc1ccc(/C(O)=C2\C(=O)C(=O)N(c3nc4c(C)cc(C)cc4s3)[C@H]2c2ccc(C(=O)OC)cc2)cc1. The van der Waals surface area contributed by atoms with Crippen molar-refractivity contribution in [3.8, 4) is 5.75 Å². The fourth-order valence-corrected chi connectivity index (χ4v) is 5.93. The maximum Gasteiger partial charge on any atom is 0.337 e. The highest BCUT2D eigenvalue weighted by molar-refractivity contribution is 7.22. The smallest absolute Gasteiger partial charge is 0.337 e. The number of aliphatic hydroxyl groups is 1. The van der Waals surface area contributed by atoms with E-state index in [1.54, 1.807) is 48.5 Å². The summed E-state index contributed by atoms with van der Waals surface area (Å²) < 4.78 is 11.2. The number of methoxy groups -OCH3 is 1. The van der Waals surface area contributed by atoms with E-state index < -0.39 is 23.7 Å². The number of carbonyl (C=O) groups excluding carboxylic acids is 3. The Hall–Kier alpha value is -4.50. The zero-order chi connectivity index (χ0) is 27.8. The number of carbonyl (C=O) groups is 3. The van der Waals surface area contributed by atoms with E-state index in [0.29, 0.717) is 34.2 Å². The summed E-state index contributed by atoms with van der Waals surface area (Å²) in [6.45, 7) is 6.28. The normalized spacial score (nSPS) is 16.6. The number of nitrogens with zero attached hydrogens (tertiary/aromatic N) is 2. The number of hydrogen-bond donors (Lipinski definition) is 1. The van der Waals surface area contributed by atoms with Crippen molar-refractivity contribution in [2.24, 2.45) is 0 Å². The highest BCUT2D eigenvalue weighted by Gasteiger charge is 2.48. The van der Waals surface area contributed by atoms with Crippen molar-refractivity contribution in [1.29, 1.82) is 0 Å². The van der Waals surface area contributed by atoms with Gasteiger partial charge in [0.15, 0.2) is 5.13 Å². The van der Waals surface area contributed by atoms with E-state index in [-0.39, 0.29) is 11.3 Å². The number of anilines is 1. The Bertz CT molecular complexity index is 1640. The second-order valence-corrected chi connectivity index (χ2v) is 10.2. The molecule has 5 rings (SSSR count). The molecule has 1 aliphatic rings. The van der Waals surface area contributed by atoms with Gasteiger partial charge >= 0.3 is 11.9 Å². The summed E-state index contributed by atoms with van der Waals surface area (Å²) in [5, 5.41) is 11.7. The molecule has 0 spiro atoms. The Kier molecular flexibility index (Phi) is 6.93. The lowest BCUT2D eigenvalue weighted by molar-refractivity contribution is -0.132. The molecule has 1 saturated heterocycles. The van der Waals surface area contributed by atoms with E-state index in [1.165, 1.54) is 23.3 Å². The molecule has 198 valence electrons. The van der Waals surface area contributed by atoms with E-state index in [1.807, 2.05) is 32.9 Å². The van der Waals surface area contributed by atoms with Crippen LogP contribution in [0.15, 0.2) is 66.2 Å². The van der Waals surface area contributed by atoms with Crippen LogP contribution in [0, 0.1) is 13.8 Å². The van der Waals surface area contributed by atoms with Crippen molar-refractivity contribution in [1.82, 2.24) is 4.98 Å². The molecular formula is C30H26N2O6S. The molecular weight excluding hydrogens is 516 g/mol. The number of amides is 1. The maximum atomic E-state index is 13.5. The second-order valence-electron chi connectivity index (χ2n) is 9.17. The molecule has 0 radical (unpaired) electrons. The highest BCUT2D eigenvalue weighted by Crippen LogP contribution is 2.44. The first-order valence-electron chi connectivity index (χ1n) is 12.3. The number of aromatic nitrogens is 1. The van der Waals surface area contributed by atoms with Crippen LogP contribution in [0.25, 0.3) is 16.0 Å². The van der Waals surface area contributed by atoms with Crippen LogP contribution in [0.2, 0.25) is 0 Å². The zero-order valence-corrected chi connectivity index (χ0v) is 22.7. The Balaban J connectivity index is 1.69. The Morgan fingerprint density at radius 3 is 2.33 bits per heavy atom. The molecule has 3 aromatic carbocycles. The molecule has 0 bridgehead atoms. The third-order valence-corrected chi connectivity index (χ3v) is 7.56. The summed E-state index contributed by atoms with van der Waals surface area (Å²) in [7, 11) is 1.29. The fraction of sp³-hybridized carbons (Fsp3) is 0.200. The molecule has 1 amide bonds. The van der Waals surface area contributed by atoms with Crippen molar-refractivity contribution >= 4 is 50.1 Å². The lowest BCUT2D eigenvalue weighted by Crippen LogP contribution is -2.29. The van der Waals surface area contributed by atoms with Crippen LogP contribution in [0.4, 0.5) is 5.13 Å². The summed E-state index contributed by atoms with van der Waals surface area (Å²) in [6, 6.07) is 16.1. The first kappa shape index (κ1) is 26.1. The number of fused-ring (bicyclic) bond motifs is 1. The summed E-state index contributed by atoms with van der Waals surface area (Å²) in [4.78, 5) is 45.1. The van der Waals surface area contributed by atoms with Gasteiger partial charge in [0.25, 0.3) is 5.78 Å². The third-order valence-electron chi connectivity index (χ3n) is 6.56. The number of ether oxygens (including phenoxy) is 2. The van der Waals surface area contributed by atoms with Gasteiger partial charge in [-0.1, -0.05) is 29.5 Å². The monoisotopic (exact) mass is 542 g/mol. The number of aryl methyl sites for hydroxylation is 2. The Morgan fingerprint density at radius 2 is 1.69 bits per heavy atom. The average Bonchev–Trinajstić information content (AvgIpc) is 3.47. The van der Waals surface area contributed by atoms with Gasteiger partial charge in [-0.25, -0.2) is 9.78 Å². The molecule has 2 heterocycles. The minimum atomic E-state index is -0.967. The molecule has 0 unspecified atom stereocenters. The van der Waals surface area contributed by atoms with Crippen LogP contribution in [-0.2, 0) is 14.3 Å². The Morgan fingerprint density at radius 1 is 1.03 bits per heavy atom. The number of hydrogen-bond acceptors (Lipinski definition) is 8. The van der Waals surface area contributed by atoms with Crippen molar-refractivity contribution in [2.75, 3.05) is 18.6 Å². The van der Waals surface area contributed by atoms with Crippen LogP contribution in [0.5, 0.6) is 5.75 Å². The predicted octanol–water partition coefficient (Wildman–Crippen LogP) is 5.72. The van der Waals surface area contributed by atoms with E-state index in [4.69, 9.17) is 14.5 Å². The van der Waals surface area contributed by atoms with Gasteiger partial charge in [-0.05, 0) is 79.9 Å². The predicted molar refractivity (Wildman–Crippen MR) is 149 cm³/mol. The largest absolute Gasteiger partial charge is 0.507 e. The molecule has 0 saturated carbocycles. The van der Waals surface area contributed by atoms with Gasteiger partial charge in [0.1, 0.15) is 11.5 Å².